The summed E-state index contributed by atoms with van der Waals surface area (Å²) in [4.78, 5) is 18.8. The quantitative estimate of drug-likeness (QED) is 0.568. The lowest BCUT2D eigenvalue weighted by atomic mass is 10.1. The van der Waals surface area contributed by atoms with Gasteiger partial charge in [-0.2, -0.15) is 0 Å². The van der Waals surface area contributed by atoms with E-state index in [0.717, 1.165) is 10.9 Å². The molecule has 0 aliphatic rings. The van der Waals surface area contributed by atoms with Crippen LogP contribution in [0.1, 0.15) is 0 Å². The van der Waals surface area contributed by atoms with E-state index in [1.54, 1.807) is 12.1 Å². The lowest BCUT2D eigenvalue weighted by Crippen LogP contribution is -1.97. The number of aromatic nitrogens is 2. The standard InChI is InChI=1S/C14H10N4O2/c15-13-11-3-1-2-4-12(11)16-14(17-13)9-5-7-10(8-6-9)18(19)20/h1-8H,(H2,15,16,17). The van der Waals surface area contributed by atoms with Crippen LogP contribution < -0.4 is 5.73 Å². The van der Waals surface area contributed by atoms with Gasteiger partial charge in [0.25, 0.3) is 5.69 Å². The van der Waals surface area contributed by atoms with Gasteiger partial charge in [-0.15, -0.1) is 0 Å². The first kappa shape index (κ1) is 12.0. The normalized spacial score (nSPS) is 10.6. The van der Waals surface area contributed by atoms with Gasteiger partial charge >= 0.3 is 0 Å². The minimum Gasteiger partial charge on any atom is -0.383 e. The number of para-hydroxylation sites is 1. The second kappa shape index (κ2) is 4.58. The highest BCUT2D eigenvalue weighted by Gasteiger charge is 2.09. The van der Waals surface area contributed by atoms with Crippen LogP contribution in [0.2, 0.25) is 0 Å². The van der Waals surface area contributed by atoms with Gasteiger partial charge in [-0.25, -0.2) is 9.97 Å². The van der Waals surface area contributed by atoms with Crippen molar-refractivity contribution in [1.82, 2.24) is 9.97 Å². The maximum Gasteiger partial charge on any atom is 0.269 e. The molecule has 1 heterocycles. The second-order valence-electron chi connectivity index (χ2n) is 4.25. The molecule has 0 fully saturated rings. The molecule has 0 saturated heterocycles. The van der Waals surface area contributed by atoms with Crippen LogP contribution in [0, 0.1) is 10.1 Å². The van der Waals surface area contributed by atoms with E-state index in [1.165, 1.54) is 12.1 Å². The summed E-state index contributed by atoms with van der Waals surface area (Å²) in [6.45, 7) is 0. The summed E-state index contributed by atoms with van der Waals surface area (Å²) in [5.74, 6) is 0.847. The molecule has 6 nitrogen and oxygen atoms in total. The lowest BCUT2D eigenvalue weighted by Gasteiger charge is -2.05. The number of fused-ring (bicyclic) bond motifs is 1. The molecule has 98 valence electrons. The van der Waals surface area contributed by atoms with Crippen LogP contribution in [-0.2, 0) is 0 Å². The molecule has 0 amide bonds. The summed E-state index contributed by atoms with van der Waals surface area (Å²) in [6, 6.07) is 13.5. The molecule has 0 spiro atoms. The molecular weight excluding hydrogens is 256 g/mol. The minimum absolute atomic E-state index is 0.0301. The summed E-state index contributed by atoms with van der Waals surface area (Å²) in [7, 11) is 0. The number of nitrogens with zero attached hydrogens (tertiary/aromatic N) is 3. The van der Waals surface area contributed by atoms with Gasteiger partial charge in [-0.1, -0.05) is 12.1 Å². The SMILES string of the molecule is Nc1nc(-c2ccc([N+](=O)[O-])cc2)nc2ccccc12. The van der Waals surface area contributed by atoms with E-state index in [-0.39, 0.29) is 5.69 Å². The van der Waals surface area contributed by atoms with Gasteiger partial charge in [0.2, 0.25) is 0 Å². The predicted octanol–water partition coefficient (Wildman–Crippen LogP) is 2.79. The number of nitrogens with two attached hydrogens (primary N) is 1. The van der Waals surface area contributed by atoms with Crippen LogP contribution in [0.5, 0.6) is 0 Å². The fraction of sp³-hybridized carbons (Fsp3) is 0. The zero-order valence-corrected chi connectivity index (χ0v) is 10.4. The third-order valence-electron chi connectivity index (χ3n) is 2.97. The third kappa shape index (κ3) is 2.03. The van der Waals surface area contributed by atoms with E-state index < -0.39 is 4.92 Å². The van der Waals surface area contributed by atoms with Crippen molar-refractivity contribution in [2.75, 3.05) is 5.73 Å². The van der Waals surface area contributed by atoms with Crippen molar-refractivity contribution in [3.05, 3.63) is 58.6 Å². The average molecular weight is 266 g/mol. The third-order valence-corrected chi connectivity index (χ3v) is 2.97. The summed E-state index contributed by atoms with van der Waals surface area (Å²) in [5.41, 5.74) is 7.38. The summed E-state index contributed by atoms with van der Waals surface area (Å²) in [6.07, 6.45) is 0. The molecule has 0 aliphatic heterocycles. The molecule has 3 aromatic rings. The first-order chi connectivity index (χ1) is 9.65. The highest BCUT2D eigenvalue weighted by Crippen LogP contribution is 2.24. The lowest BCUT2D eigenvalue weighted by molar-refractivity contribution is -0.384. The number of non-ortho nitro benzene ring substituents is 1. The van der Waals surface area contributed by atoms with Crippen molar-refractivity contribution >= 4 is 22.4 Å². The Balaban J connectivity index is 2.12. The van der Waals surface area contributed by atoms with Crippen LogP contribution in [0.3, 0.4) is 0 Å². The van der Waals surface area contributed by atoms with E-state index in [9.17, 15) is 10.1 Å². The largest absolute Gasteiger partial charge is 0.383 e. The van der Waals surface area contributed by atoms with Gasteiger partial charge in [0.05, 0.1) is 10.4 Å². The number of nitro groups is 1. The first-order valence-corrected chi connectivity index (χ1v) is 5.92. The van der Waals surface area contributed by atoms with Gasteiger partial charge in [0, 0.05) is 23.1 Å². The fourth-order valence-electron chi connectivity index (χ4n) is 1.96. The van der Waals surface area contributed by atoms with Gasteiger partial charge < -0.3 is 5.73 Å². The Labute approximate surface area is 114 Å². The molecule has 1 aromatic heterocycles. The van der Waals surface area contributed by atoms with Crippen molar-refractivity contribution in [3.8, 4) is 11.4 Å². The van der Waals surface area contributed by atoms with Gasteiger partial charge in [-0.05, 0) is 24.3 Å². The van der Waals surface area contributed by atoms with Crippen LogP contribution in [0.15, 0.2) is 48.5 Å². The highest BCUT2D eigenvalue weighted by molar-refractivity contribution is 5.89. The number of benzene rings is 2. The monoisotopic (exact) mass is 266 g/mol. The zero-order chi connectivity index (χ0) is 14.1. The Morgan fingerprint density at radius 1 is 1.00 bits per heavy atom. The Bertz CT molecular complexity index is 800. The van der Waals surface area contributed by atoms with Crippen molar-refractivity contribution < 1.29 is 4.92 Å². The van der Waals surface area contributed by atoms with Crippen LogP contribution in [-0.4, -0.2) is 14.9 Å². The molecule has 2 N–H and O–H groups in total. The Hall–Kier alpha value is -3.02. The molecule has 3 rings (SSSR count). The van der Waals surface area contributed by atoms with Gasteiger partial charge in [0.15, 0.2) is 5.82 Å². The van der Waals surface area contributed by atoms with Crippen molar-refractivity contribution in [3.63, 3.8) is 0 Å². The molecule has 6 heteroatoms. The predicted molar refractivity (Wildman–Crippen MR) is 76.0 cm³/mol. The second-order valence-corrected chi connectivity index (χ2v) is 4.25. The summed E-state index contributed by atoms with van der Waals surface area (Å²) < 4.78 is 0. The van der Waals surface area contributed by atoms with Crippen LogP contribution in [0.25, 0.3) is 22.3 Å². The molecule has 0 radical (unpaired) electrons. The molecule has 0 atom stereocenters. The maximum absolute atomic E-state index is 10.6. The molecule has 0 aliphatic carbocycles. The molecule has 0 unspecified atom stereocenters. The molecule has 2 aromatic carbocycles. The fourth-order valence-corrected chi connectivity index (χ4v) is 1.96. The first-order valence-electron chi connectivity index (χ1n) is 5.92. The van der Waals surface area contributed by atoms with Gasteiger partial charge in [0.1, 0.15) is 5.82 Å². The van der Waals surface area contributed by atoms with Crippen LogP contribution in [0.4, 0.5) is 11.5 Å². The van der Waals surface area contributed by atoms with Crippen molar-refractivity contribution in [1.29, 1.82) is 0 Å². The molecule has 0 saturated carbocycles. The van der Waals surface area contributed by atoms with E-state index in [2.05, 4.69) is 9.97 Å². The number of hydrogen-bond donors (Lipinski definition) is 1. The van der Waals surface area contributed by atoms with E-state index in [1.807, 2.05) is 24.3 Å². The number of hydrogen-bond acceptors (Lipinski definition) is 5. The number of rotatable bonds is 2. The minimum atomic E-state index is -0.445. The molecule has 20 heavy (non-hydrogen) atoms. The average Bonchev–Trinajstić information content (AvgIpc) is 2.47. The highest BCUT2D eigenvalue weighted by atomic mass is 16.6. The summed E-state index contributed by atoms with van der Waals surface area (Å²) in [5, 5.41) is 11.4. The topological polar surface area (TPSA) is 94.9 Å². The Morgan fingerprint density at radius 2 is 1.70 bits per heavy atom. The van der Waals surface area contributed by atoms with E-state index in [0.29, 0.717) is 17.2 Å². The Morgan fingerprint density at radius 3 is 2.40 bits per heavy atom. The van der Waals surface area contributed by atoms with E-state index in [4.69, 9.17) is 5.73 Å². The number of anilines is 1. The number of nitro benzene ring substituents is 1. The van der Waals surface area contributed by atoms with Crippen LogP contribution >= 0.6 is 0 Å². The van der Waals surface area contributed by atoms with E-state index >= 15 is 0 Å². The molecule has 0 bridgehead atoms. The molecular formula is C14H10N4O2. The zero-order valence-electron chi connectivity index (χ0n) is 10.4. The smallest absolute Gasteiger partial charge is 0.269 e. The van der Waals surface area contributed by atoms with Crippen molar-refractivity contribution in [2.45, 2.75) is 0 Å². The summed E-state index contributed by atoms with van der Waals surface area (Å²) >= 11 is 0. The van der Waals surface area contributed by atoms with Gasteiger partial charge in [-0.3, -0.25) is 10.1 Å². The maximum atomic E-state index is 10.6. The van der Waals surface area contributed by atoms with Crippen molar-refractivity contribution in [2.24, 2.45) is 0 Å². The Kier molecular flexibility index (Phi) is 2.76. The number of nitrogen functional groups attached to an aromatic ring is 1.